The van der Waals surface area contributed by atoms with Gasteiger partial charge in [-0.05, 0) is 77.8 Å². The predicted molar refractivity (Wildman–Crippen MR) is 133 cm³/mol. The van der Waals surface area contributed by atoms with Gasteiger partial charge in [0.1, 0.15) is 5.82 Å². The molecule has 0 heterocycles. The molecule has 0 fully saturated rings. The highest BCUT2D eigenvalue weighted by molar-refractivity contribution is 6.07. The van der Waals surface area contributed by atoms with Crippen LogP contribution in [0.15, 0.2) is 30.3 Å². The fourth-order valence-electron chi connectivity index (χ4n) is 3.80. The van der Waals surface area contributed by atoms with E-state index in [0.717, 1.165) is 28.8 Å². The Labute approximate surface area is 205 Å². The minimum atomic E-state index is -1.13. The Kier molecular flexibility index (Phi) is 8.98. The number of hydrogen-bond acceptors (Lipinski definition) is 5. The summed E-state index contributed by atoms with van der Waals surface area (Å²) in [4.78, 5) is 38.2. The van der Waals surface area contributed by atoms with E-state index in [1.54, 1.807) is 6.92 Å². The average Bonchev–Trinajstić information content (AvgIpc) is 2.72. The highest BCUT2D eigenvalue weighted by atomic mass is 19.1. The molecule has 2 aromatic carbocycles. The SMILES string of the molecule is COC(=O)[C@@H](NC(=O)c1ccc(F)cc1NC(=O)Nc1c(C)cc(C)cc1C)[C@@H](C)OC(C)(C)C. The lowest BCUT2D eigenvalue weighted by atomic mass is 10.1. The molecule has 0 aromatic heterocycles. The Morgan fingerprint density at radius 1 is 0.971 bits per heavy atom. The monoisotopic (exact) mass is 487 g/mol. The van der Waals surface area contributed by atoms with Gasteiger partial charge in [-0.2, -0.15) is 0 Å². The Morgan fingerprint density at radius 2 is 1.57 bits per heavy atom. The van der Waals surface area contributed by atoms with Crippen molar-refractivity contribution in [2.45, 2.75) is 66.2 Å². The second kappa shape index (κ2) is 11.3. The molecule has 2 atom stereocenters. The van der Waals surface area contributed by atoms with Crippen molar-refractivity contribution in [1.29, 1.82) is 0 Å². The number of amides is 3. The van der Waals surface area contributed by atoms with Gasteiger partial charge in [0.25, 0.3) is 5.91 Å². The molecule has 0 unspecified atom stereocenters. The Hall–Kier alpha value is -3.46. The van der Waals surface area contributed by atoms with E-state index in [0.29, 0.717) is 5.69 Å². The van der Waals surface area contributed by atoms with Crippen LogP contribution in [0.5, 0.6) is 0 Å². The molecule has 2 rings (SSSR count). The third-order valence-corrected chi connectivity index (χ3v) is 5.14. The van der Waals surface area contributed by atoms with Crippen LogP contribution in [-0.4, -0.2) is 42.8 Å². The van der Waals surface area contributed by atoms with Gasteiger partial charge < -0.3 is 25.4 Å². The molecule has 3 amide bonds. The normalized spacial score (nSPS) is 12.9. The molecule has 190 valence electrons. The molecular weight excluding hydrogens is 453 g/mol. The molecule has 0 radical (unpaired) electrons. The summed E-state index contributed by atoms with van der Waals surface area (Å²) < 4.78 is 24.7. The third kappa shape index (κ3) is 7.78. The number of halogens is 1. The number of carbonyl (C=O) groups excluding carboxylic acids is 3. The number of anilines is 2. The summed E-state index contributed by atoms with van der Waals surface area (Å²) in [6.45, 7) is 12.8. The van der Waals surface area contributed by atoms with E-state index in [1.807, 2.05) is 53.7 Å². The molecule has 9 heteroatoms. The molecule has 0 spiro atoms. The first-order chi connectivity index (χ1) is 16.2. The van der Waals surface area contributed by atoms with Crippen LogP contribution in [0.2, 0.25) is 0 Å². The summed E-state index contributed by atoms with van der Waals surface area (Å²) in [7, 11) is 1.20. The van der Waals surface area contributed by atoms with Gasteiger partial charge in [-0.25, -0.2) is 14.0 Å². The fraction of sp³-hybridized carbons (Fsp3) is 0.423. The van der Waals surface area contributed by atoms with Crippen molar-refractivity contribution in [2.24, 2.45) is 0 Å². The van der Waals surface area contributed by atoms with E-state index in [2.05, 4.69) is 16.0 Å². The van der Waals surface area contributed by atoms with Gasteiger partial charge >= 0.3 is 12.0 Å². The number of ether oxygens (including phenoxy) is 2. The van der Waals surface area contributed by atoms with Crippen LogP contribution in [-0.2, 0) is 14.3 Å². The van der Waals surface area contributed by atoms with Crippen molar-refractivity contribution in [2.75, 3.05) is 17.7 Å². The molecule has 0 aliphatic rings. The maximum absolute atomic E-state index is 14.0. The molecule has 3 N–H and O–H groups in total. The van der Waals surface area contributed by atoms with Crippen LogP contribution in [0.1, 0.15) is 54.7 Å². The van der Waals surface area contributed by atoms with E-state index >= 15 is 0 Å². The van der Waals surface area contributed by atoms with Crippen molar-refractivity contribution < 1.29 is 28.2 Å². The van der Waals surface area contributed by atoms with E-state index < -0.39 is 41.5 Å². The lowest BCUT2D eigenvalue weighted by Gasteiger charge is -2.30. The average molecular weight is 488 g/mol. The lowest BCUT2D eigenvalue weighted by Crippen LogP contribution is -2.51. The van der Waals surface area contributed by atoms with Gasteiger partial charge in [-0.1, -0.05) is 17.7 Å². The van der Waals surface area contributed by atoms with Crippen molar-refractivity contribution >= 4 is 29.3 Å². The third-order valence-electron chi connectivity index (χ3n) is 5.14. The second-order valence-corrected chi connectivity index (χ2v) is 9.45. The number of urea groups is 1. The summed E-state index contributed by atoms with van der Waals surface area (Å²) >= 11 is 0. The van der Waals surface area contributed by atoms with E-state index in [9.17, 15) is 18.8 Å². The smallest absolute Gasteiger partial charge is 0.331 e. The van der Waals surface area contributed by atoms with E-state index in [-0.39, 0.29) is 11.3 Å². The zero-order valence-corrected chi connectivity index (χ0v) is 21.5. The maximum Gasteiger partial charge on any atom is 0.331 e. The van der Waals surface area contributed by atoms with Crippen LogP contribution in [0, 0.1) is 26.6 Å². The van der Waals surface area contributed by atoms with Gasteiger partial charge in [0.2, 0.25) is 0 Å². The van der Waals surface area contributed by atoms with Gasteiger partial charge in [-0.3, -0.25) is 4.79 Å². The van der Waals surface area contributed by atoms with Crippen molar-refractivity contribution in [3.63, 3.8) is 0 Å². The number of benzene rings is 2. The highest BCUT2D eigenvalue weighted by Gasteiger charge is 2.32. The van der Waals surface area contributed by atoms with Gasteiger partial charge in [-0.15, -0.1) is 0 Å². The van der Waals surface area contributed by atoms with Crippen LogP contribution in [0.3, 0.4) is 0 Å². The molecule has 2 aromatic rings. The number of methoxy groups -OCH3 is 1. The summed E-state index contributed by atoms with van der Waals surface area (Å²) in [6, 6.07) is 5.44. The molecule has 0 aliphatic carbocycles. The van der Waals surface area contributed by atoms with Crippen LogP contribution < -0.4 is 16.0 Å². The van der Waals surface area contributed by atoms with Crippen LogP contribution >= 0.6 is 0 Å². The van der Waals surface area contributed by atoms with Crippen molar-refractivity contribution in [1.82, 2.24) is 5.32 Å². The first-order valence-corrected chi connectivity index (χ1v) is 11.2. The summed E-state index contributed by atoms with van der Waals surface area (Å²) in [5, 5.41) is 7.87. The fourth-order valence-corrected chi connectivity index (χ4v) is 3.80. The molecule has 0 saturated carbocycles. The number of carbonyl (C=O) groups is 3. The first kappa shape index (κ1) is 27.8. The number of rotatable bonds is 7. The Balaban J connectivity index is 2.28. The lowest BCUT2D eigenvalue weighted by molar-refractivity contribution is -0.150. The number of nitrogens with one attached hydrogen (secondary N) is 3. The molecule has 0 bridgehead atoms. The van der Waals surface area contributed by atoms with Crippen LogP contribution in [0.25, 0.3) is 0 Å². The minimum Gasteiger partial charge on any atom is -0.467 e. The zero-order chi connectivity index (χ0) is 26.5. The Bertz CT molecular complexity index is 1090. The largest absolute Gasteiger partial charge is 0.467 e. The van der Waals surface area contributed by atoms with Crippen molar-refractivity contribution in [3.8, 4) is 0 Å². The molecule has 8 nitrogen and oxygen atoms in total. The van der Waals surface area contributed by atoms with Gasteiger partial charge in [0.15, 0.2) is 6.04 Å². The number of esters is 1. The van der Waals surface area contributed by atoms with Gasteiger partial charge in [0, 0.05) is 5.69 Å². The summed E-state index contributed by atoms with van der Waals surface area (Å²) in [6.07, 6.45) is -0.723. The molecule has 35 heavy (non-hydrogen) atoms. The summed E-state index contributed by atoms with van der Waals surface area (Å²) in [5.74, 6) is -2.05. The van der Waals surface area contributed by atoms with E-state index in [4.69, 9.17) is 9.47 Å². The number of hydrogen-bond donors (Lipinski definition) is 3. The standard InChI is InChI=1S/C26H34FN3O5/c1-14-11-15(2)21(16(3)12-14)30-25(33)28-20-13-18(27)9-10-19(20)23(31)29-22(24(32)34-8)17(4)35-26(5,6)7/h9-13,17,22H,1-8H3,(H,29,31)(H2,28,30,33)/t17-,22+/m1/s1. The van der Waals surface area contributed by atoms with E-state index in [1.165, 1.54) is 13.2 Å². The zero-order valence-electron chi connectivity index (χ0n) is 21.5. The molecular formula is C26H34FN3O5. The topological polar surface area (TPSA) is 106 Å². The Morgan fingerprint density at radius 3 is 2.11 bits per heavy atom. The quantitative estimate of drug-likeness (QED) is 0.483. The molecule has 0 aliphatic heterocycles. The predicted octanol–water partition coefficient (Wildman–Crippen LogP) is 4.87. The second-order valence-electron chi connectivity index (χ2n) is 9.45. The first-order valence-electron chi connectivity index (χ1n) is 11.2. The van der Waals surface area contributed by atoms with Crippen LogP contribution in [0.4, 0.5) is 20.6 Å². The maximum atomic E-state index is 14.0. The molecule has 0 saturated heterocycles. The van der Waals surface area contributed by atoms with Gasteiger partial charge in [0.05, 0.1) is 30.1 Å². The van der Waals surface area contributed by atoms with Crippen molar-refractivity contribution in [3.05, 3.63) is 58.4 Å². The summed E-state index contributed by atoms with van der Waals surface area (Å²) in [5.41, 5.74) is 2.73. The number of aryl methyl sites for hydroxylation is 3. The highest BCUT2D eigenvalue weighted by Crippen LogP contribution is 2.23. The minimum absolute atomic E-state index is 0.0317.